The number of Topliss-reactive ketones (excluding diaryl/α,β-unsaturated/α-hetero) is 1. The third-order valence-corrected chi connectivity index (χ3v) is 2.44. The molecule has 0 aliphatic heterocycles. The Kier molecular flexibility index (Phi) is 3.17. The van der Waals surface area contributed by atoms with Crippen molar-refractivity contribution in [1.82, 2.24) is 0 Å². The summed E-state index contributed by atoms with van der Waals surface area (Å²) >= 11 is 3.04. The van der Waals surface area contributed by atoms with Crippen LogP contribution in [0.3, 0.4) is 0 Å². The van der Waals surface area contributed by atoms with E-state index in [0.29, 0.717) is 4.47 Å². The van der Waals surface area contributed by atoms with Crippen molar-refractivity contribution in [2.75, 3.05) is 0 Å². The van der Waals surface area contributed by atoms with E-state index in [-0.39, 0.29) is 11.1 Å². The molecular formula is C9H5BrN2O3. The van der Waals surface area contributed by atoms with Gasteiger partial charge >= 0.3 is 0 Å². The lowest BCUT2D eigenvalue weighted by atomic mass is 10.1. The molecule has 1 aromatic rings. The minimum atomic E-state index is -0.722. The lowest BCUT2D eigenvalue weighted by Gasteiger charge is -2.02. The van der Waals surface area contributed by atoms with Gasteiger partial charge in [-0.3, -0.25) is 14.9 Å². The predicted molar refractivity (Wildman–Crippen MR) is 55.5 cm³/mol. The van der Waals surface area contributed by atoms with E-state index in [0.717, 1.165) is 0 Å². The molecule has 1 rings (SSSR count). The minimum absolute atomic E-state index is 0.0703. The van der Waals surface area contributed by atoms with Crippen LogP contribution in [0.2, 0.25) is 0 Å². The molecule has 6 heteroatoms. The summed E-state index contributed by atoms with van der Waals surface area (Å²) in [6, 6.07) is 4.43. The van der Waals surface area contributed by atoms with Gasteiger partial charge in [0.2, 0.25) is 0 Å². The molecule has 0 aliphatic rings. The molecule has 0 saturated heterocycles. The smallest absolute Gasteiger partial charge is 0.294 e. The van der Waals surface area contributed by atoms with E-state index in [2.05, 4.69) is 15.9 Å². The van der Waals surface area contributed by atoms with Crippen molar-refractivity contribution >= 4 is 27.4 Å². The van der Waals surface area contributed by atoms with Gasteiger partial charge in [-0.25, -0.2) is 0 Å². The molecule has 76 valence electrons. The zero-order valence-corrected chi connectivity index (χ0v) is 9.24. The molecule has 0 bridgehead atoms. The number of nitrogens with zero attached hydrogens (tertiary/aromatic N) is 2. The normalized spacial score (nSPS) is 9.40. The zero-order chi connectivity index (χ0) is 11.6. The van der Waals surface area contributed by atoms with Crippen molar-refractivity contribution < 1.29 is 9.72 Å². The third-order valence-electron chi connectivity index (χ3n) is 1.78. The van der Waals surface area contributed by atoms with Crippen LogP contribution in [0.5, 0.6) is 0 Å². The number of carbonyl (C=O) groups is 1. The van der Waals surface area contributed by atoms with Gasteiger partial charge in [-0.15, -0.1) is 0 Å². The molecule has 0 heterocycles. The summed E-state index contributed by atoms with van der Waals surface area (Å²) in [4.78, 5) is 21.2. The van der Waals surface area contributed by atoms with Gasteiger partial charge in [0.1, 0.15) is 17.2 Å². The van der Waals surface area contributed by atoms with E-state index in [1.165, 1.54) is 19.1 Å². The lowest BCUT2D eigenvalue weighted by Crippen LogP contribution is -2.03. The van der Waals surface area contributed by atoms with Gasteiger partial charge in [0.25, 0.3) is 5.69 Å². The zero-order valence-electron chi connectivity index (χ0n) is 7.65. The van der Waals surface area contributed by atoms with Gasteiger partial charge in [-0.2, -0.15) is 5.26 Å². The molecule has 0 saturated carbocycles. The molecule has 0 amide bonds. The summed E-state index contributed by atoms with van der Waals surface area (Å²) in [5.74, 6) is -0.453. The Hall–Kier alpha value is -1.74. The number of benzene rings is 1. The van der Waals surface area contributed by atoms with Crippen molar-refractivity contribution in [1.29, 1.82) is 5.26 Å². The summed E-state index contributed by atoms with van der Waals surface area (Å²) in [5.41, 5.74) is -0.633. The molecule has 0 aliphatic carbocycles. The average molecular weight is 269 g/mol. The fourth-order valence-corrected chi connectivity index (χ4v) is 1.78. The van der Waals surface area contributed by atoms with Crippen molar-refractivity contribution in [3.05, 3.63) is 37.8 Å². The minimum Gasteiger partial charge on any atom is -0.294 e. The maximum atomic E-state index is 11.2. The molecular weight excluding hydrogens is 264 g/mol. The number of nitro groups is 1. The van der Waals surface area contributed by atoms with Crippen LogP contribution in [-0.4, -0.2) is 10.7 Å². The van der Waals surface area contributed by atoms with Crippen LogP contribution in [0, 0.1) is 21.4 Å². The van der Waals surface area contributed by atoms with E-state index in [1.807, 2.05) is 0 Å². The molecule has 0 aromatic heterocycles. The van der Waals surface area contributed by atoms with Crippen LogP contribution in [0.4, 0.5) is 5.69 Å². The van der Waals surface area contributed by atoms with Crippen molar-refractivity contribution in [3.63, 3.8) is 0 Å². The van der Waals surface area contributed by atoms with Crippen LogP contribution >= 0.6 is 15.9 Å². The van der Waals surface area contributed by atoms with Gasteiger partial charge in [0.05, 0.1) is 4.92 Å². The first-order valence-electron chi connectivity index (χ1n) is 3.87. The molecule has 0 N–H and O–H groups in total. The summed E-state index contributed by atoms with van der Waals surface area (Å²) in [6.07, 6.45) is 0. The number of nitro benzene ring substituents is 1. The molecule has 0 atom stereocenters. The summed E-state index contributed by atoms with van der Waals surface area (Å²) < 4.78 is 0.320. The van der Waals surface area contributed by atoms with Gasteiger partial charge < -0.3 is 0 Å². The molecule has 1 aromatic carbocycles. The Morgan fingerprint density at radius 1 is 1.60 bits per heavy atom. The Balaban J connectivity index is 3.68. The molecule has 5 nitrogen and oxygen atoms in total. The fraction of sp³-hybridized carbons (Fsp3) is 0.111. The molecule has 0 spiro atoms. The lowest BCUT2D eigenvalue weighted by molar-refractivity contribution is -0.385. The topological polar surface area (TPSA) is 84.0 Å². The molecule has 0 unspecified atom stereocenters. The summed E-state index contributed by atoms with van der Waals surface area (Å²) in [5, 5.41) is 19.4. The maximum Gasteiger partial charge on any atom is 0.298 e. The second-order valence-corrected chi connectivity index (χ2v) is 3.60. The summed E-state index contributed by atoms with van der Waals surface area (Å²) in [7, 11) is 0. The Morgan fingerprint density at radius 3 is 2.60 bits per heavy atom. The number of hydrogen-bond donors (Lipinski definition) is 0. The van der Waals surface area contributed by atoms with Crippen LogP contribution in [0.25, 0.3) is 0 Å². The van der Waals surface area contributed by atoms with Crippen LogP contribution < -0.4 is 0 Å². The Morgan fingerprint density at radius 2 is 2.20 bits per heavy atom. The maximum absolute atomic E-state index is 11.2. The van der Waals surface area contributed by atoms with E-state index >= 15 is 0 Å². The van der Waals surface area contributed by atoms with Crippen molar-refractivity contribution in [3.8, 4) is 6.07 Å². The number of carbonyl (C=O) groups excluding carboxylic acids is 1. The van der Waals surface area contributed by atoms with Crippen molar-refractivity contribution in [2.45, 2.75) is 6.92 Å². The summed E-state index contributed by atoms with van der Waals surface area (Å²) in [6.45, 7) is 1.22. The number of hydrogen-bond acceptors (Lipinski definition) is 4. The fourth-order valence-electron chi connectivity index (χ4n) is 1.18. The number of nitriles is 1. The Labute approximate surface area is 93.6 Å². The van der Waals surface area contributed by atoms with Gasteiger partial charge in [0, 0.05) is 4.47 Å². The standard InChI is InChI=1S/C9H5BrN2O3/c1-5(13)8-7(10)3-2-6(4-11)9(8)12(14)15/h2-3H,1H3. The monoisotopic (exact) mass is 268 g/mol. The van der Waals surface area contributed by atoms with Crippen LogP contribution in [0.15, 0.2) is 16.6 Å². The quantitative estimate of drug-likeness (QED) is 0.469. The number of halogens is 1. The highest BCUT2D eigenvalue weighted by molar-refractivity contribution is 9.10. The highest BCUT2D eigenvalue weighted by atomic mass is 79.9. The van der Waals surface area contributed by atoms with E-state index in [9.17, 15) is 14.9 Å². The third kappa shape index (κ3) is 2.02. The molecule has 15 heavy (non-hydrogen) atoms. The first kappa shape index (κ1) is 11.3. The second kappa shape index (κ2) is 4.19. The van der Waals surface area contributed by atoms with Crippen LogP contribution in [0.1, 0.15) is 22.8 Å². The largest absolute Gasteiger partial charge is 0.298 e. The SMILES string of the molecule is CC(=O)c1c(Br)ccc(C#N)c1[N+](=O)[O-]. The van der Waals surface area contributed by atoms with Gasteiger partial charge in [0.15, 0.2) is 5.78 Å². The average Bonchev–Trinajstić information content (AvgIpc) is 2.16. The predicted octanol–water partition coefficient (Wildman–Crippen LogP) is 2.43. The first-order valence-corrected chi connectivity index (χ1v) is 4.66. The number of ketones is 1. The van der Waals surface area contributed by atoms with Gasteiger partial charge in [-0.05, 0) is 35.0 Å². The first-order chi connectivity index (χ1) is 6.99. The van der Waals surface area contributed by atoms with E-state index in [4.69, 9.17) is 5.26 Å². The highest BCUT2D eigenvalue weighted by Gasteiger charge is 2.25. The van der Waals surface area contributed by atoms with Crippen molar-refractivity contribution in [2.24, 2.45) is 0 Å². The Bertz CT molecular complexity index is 491. The number of rotatable bonds is 2. The second-order valence-electron chi connectivity index (χ2n) is 2.74. The molecule has 0 radical (unpaired) electrons. The van der Waals surface area contributed by atoms with Crippen LogP contribution in [-0.2, 0) is 0 Å². The van der Waals surface area contributed by atoms with E-state index in [1.54, 1.807) is 6.07 Å². The van der Waals surface area contributed by atoms with Gasteiger partial charge in [-0.1, -0.05) is 0 Å². The molecule has 0 fully saturated rings. The highest BCUT2D eigenvalue weighted by Crippen LogP contribution is 2.30. The van der Waals surface area contributed by atoms with E-state index < -0.39 is 16.4 Å².